The monoisotopic (exact) mass is 519 g/mol. The van der Waals surface area contributed by atoms with Crippen LogP contribution in [0.3, 0.4) is 0 Å². The summed E-state index contributed by atoms with van der Waals surface area (Å²) in [6.45, 7) is 2.48. The van der Waals surface area contributed by atoms with E-state index in [1.165, 1.54) is 21.9 Å². The fraction of sp³-hybridized carbons (Fsp3) is 0.400. The molecule has 7 nitrogen and oxygen atoms in total. The van der Waals surface area contributed by atoms with Crippen molar-refractivity contribution in [1.82, 2.24) is 15.1 Å². The summed E-state index contributed by atoms with van der Waals surface area (Å²) in [6, 6.07) is 14.4. The first kappa shape index (κ1) is 27.2. The molecule has 8 heteroatoms. The average molecular weight is 520 g/mol. The second-order valence-electron chi connectivity index (χ2n) is 9.88. The van der Waals surface area contributed by atoms with Gasteiger partial charge in [0, 0.05) is 32.5 Å². The van der Waals surface area contributed by atoms with Crippen LogP contribution in [0.1, 0.15) is 43.7 Å². The number of benzene rings is 2. The summed E-state index contributed by atoms with van der Waals surface area (Å²) in [6.07, 6.45) is 5.86. The second-order valence-corrected chi connectivity index (χ2v) is 9.88. The van der Waals surface area contributed by atoms with Crippen LogP contribution in [0.25, 0.3) is 0 Å². The molecular weight excluding hydrogens is 485 g/mol. The zero-order valence-electron chi connectivity index (χ0n) is 21.6. The molecular formula is C30H34FN3O4. The number of carbonyl (C=O) groups is 4. The third-order valence-electron chi connectivity index (χ3n) is 7.23. The molecule has 2 aliphatic rings. The van der Waals surface area contributed by atoms with Gasteiger partial charge in [-0.3, -0.25) is 24.1 Å². The van der Waals surface area contributed by atoms with Crippen molar-refractivity contribution >= 4 is 23.6 Å². The molecule has 0 unspecified atom stereocenters. The zero-order valence-corrected chi connectivity index (χ0v) is 21.6. The Bertz CT molecular complexity index is 1160. The van der Waals surface area contributed by atoms with Crippen molar-refractivity contribution in [1.29, 1.82) is 0 Å². The highest BCUT2D eigenvalue weighted by molar-refractivity contribution is 6.05. The Balaban J connectivity index is 1.57. The number of allylic oxidation sites excluding steroid dienone is 2. The molecule has 1 aliphatic carbocycles. The van der Waals surface area contributed by atoms with E-state index < -0.39 is 11.9 Å². The number of rotatable bonds is 11. The molecule has 0 saturated carbocycles. The Morgan fingerprint density at radius 1 is 0.974 bits per heavy atom. The third-order valence-corrected chi connectivity index (χ3v) is 7.23. The summed E-state index contributed by atoms with van der Waals surface area (Å²) in [5.41, 5.74) is 1.56. The van der Waals surface area contributed by atoms with Crippen LogP contribution < -0.4 is 5.32 Å². The van der Waals surface area contributed by atoms with Gasteiger partial charge in [-0.2, -0.15) is 0 Å². The highest BCUT2D eigenvalue weighted by Crippen LogP contribution is 2.35. The van der Waals surface area contributed by atoms with E-state index in [2.05, 4.69) is 5.32 Å². The van der Waals surface area contributed by atoms with E-state index in [-0.39, 0.29) is 55.0 Å². The summed E-state index contributed by atoms with van der Waals surface area (Å²) in [7, 11) is 0. The van der Waals surface area contributed by atoms with Crippen molar-refractivity contribution in [2.45, 2.75) is 51.6 Å². The molecule has 3 atom stereocenters. The second kappa shape index (κ2) is 12.6. The molecule has 1 heterocycles. The minimum Gasteiger partial charge on any atom is -0.354 e. The molecule has 2 aromatic rings. The minimum absolute atomic E-state index is 0.0297. The normalized spacial score (nSPS) is 19.3. The smallest absolute Gasteiger partial charge is 0.243 e. The van der Waals surface area contributed by atoms with Crippen LogP contribution in [0.4, 0.5) is 4.39 Å². The van der Waals surface area contributed by atoms with Crippen molar-refractivity contribution < 1.29 is 23.6 Å². The summed E-state index contributed by atoms with van der Waals surface area (Å²) >= 11 is 0. The number of hydrogen-bond donors (Lipinski definition) is 1. The number of hydrogen-bond acceptors (Lipinski definition) is 4. The lowest BCUT2D eigenvalue weighted by Crippen LogP contribution is -2.51. The molecule has 1 aliphatic heterocycles. The average Bonchev–Trinajstić information content (AvgIpc) is 3.18. The van der Waals surface area contributed by atoms with Crippen molar-refractivity contribution in [3.8, 4) is 0 Å². The standard InChI is InChI=1S/C30H34FN3O4/c1-2-17-32-28(36)26(19-21-8-4-3-5-9-21)34(20-22-12-14-23(31)15-13-22)27(35)16-18-33-29(37)24-10-6-7-11-25(24)30(33)38/h3-9,12-15,24-26H,2,10-11,16-20H2,1H3,(H,32,36)/t24-,25+,26-/m0/s1. The maximum absolute atomic E-state index is 13.7. The molecule has 38 heavy (non-hydrogen) atoms. The lowest BCUT2D eigenvalue weighted by molar-refractivity contribution is -0.144. The predicted molar refractivity (Wildman–Crippen MR) is 141 cm³/mol. The Kier molecular flexibility index (Phi) is 9.05. The van der Waals surface area contributed by atoms with Gasteiger partial charge in [-0.15, -0.1) is 0 Å². The van der Waals surface area contributed by atoms with Gasteiger partial charge in [-0.05, 0) is 42.5 Å². The van der Waals surface area contributed by atoms with Crippen LogP contribution in [-0.4, -0.2) is 52.6 Å². The van der Waals surface area contributed by atoms with Crippen molar-refractivity contribution in [2.75, 3.05) is 13.1 Å². The number of nitrogens with zero attached hydrogens (tertiary/aromatic N) is 2. The summed E-state index contributed by atoms with van der Waals surface area (Å²) in [5.74, 6) is -2.21. The molecule has 0 aromatic heterocycles. The molecule has 1 saturated heterocycles. The van der Waals surface area contributed by atoms with E-state index in [9.17, 15) is 23.6 Å². The van der Waals surface area contributed by atoms with Gasteiger partial charge in [-0.25, -0.2) is 4.39 Å². The maximum Gasteiger partial charge on any atom is 0.243 e. The number of carbonyl (C=O) groups excluding carboxylic acids is 4. The molecule has 200 valence electrons. The Labute approximate surface area is 222 Å². The number of imide groups is 1. The lowest BCUT2D eigenvalue weighted by atomic mass is 9.85. The van der Waals surface area contributed by atoms with Gasteiger partial charge in [0.2, 0.25) is 23.6 Å². The van der Waals surface area contributed by atoms with Crippen molar-refractivity contribution in [2.24, 2.45) is 11.8 Å². The predicted octanol–water partition coefficient (Wildman–Crippen LogP) is 3.63. The topological polar surface area (TPSA) is 86.8 Å². The quantitative estimate of drug-likeness (QED) is 0.363. The van der Waals surface area contributed by atoms with Crippen LogP contribution in [0.15, 0.2) is 66.7 Å². The largest absolute Gasteiger partial charge is 0.354 e. The highest BCUT2D eigenvalue weighted by atomic mass is 19.1. The first-order chi connectivity index (χ1) is 18.4. The van der Waals surface area contributed by atoms with Gasteiger partial charge in [0.05, 0.1) is 11.8 Å². The number of nitrogens with one attached hydrogen (secondary N) is 1. The van der Waals surface area contributed by atoms with E-state index in [0.29, 0.717) is 31.4 Å². The van der Waals surface area contributed by atoms with Crippen molar-refractivity contribution in [3.63, 3.8) is 0 Å². The van der Waals surface area contributed by atoms with Gasteiger partial charge in [0.25, 0.3) is 0 Å². The fourth-order valence-corrected chi connectivity index (χ4v) is 5.15. The fourth-order valence-electron chi connectivity index (χ4n) is 5.15. The Morgan fingerprint density at radius 3 is 2.21 bits per heavy atom. The maximum atomic E-state index is 13.7. The summed E-state index contributed by atoms with van der Waals surface area (Å²) < 4.78 is 13.6. The molecule has 0 radical (unpaired) electrons. The molecule has 0 spiro atoms. The van der Waals surface area contributed by atoms with Crippen LogP contribution in [-0.2, 0) is 32.1 Å². The van der Waals surface area contributed by atoms with E-state index in [1.54, 1.807) is 12.1 Å². The Hall–Kier alpha value is -3.81. The van der Waals surface area contributed by atoms with Crippen LogP contribution in [0.2, 0.25) is 0 Å². The number of fused-ring (bicyclic) bond motifs is 1. The molecule has 4 amide bonds. The number of amides is 4. The SMILES string of the molecule is CCCNC(=O)[C@H](Cc1ccccc1)N(Cc1ccc(F)cc1)C(=O)CCN1C(=O)[C@H]2CC=CC[C@H]2C1=O. The van der Waals surface area contributed by atoms with Gasteiger partial charge >= 0.3 is 0 Å². The zero-order chi connectivity index (χ0) is 27.1. The van der Waals surface area contributed by atoms with Crippen LogP contribution in [0, 0.1) is 17.7 Å². The van der Waals surface area contributed by atoms with E-state index >= 15 is 0 Å². The lowest BCUT2D eigenvalue weighted by Gasteiger charge is -2.32. The van der Waals surface area contributed by atoms with E-state index in [4.69, 9.17) is 0 Å². The molecule has 1 fully saturated rings. The van der Waals surface area contributed by atoms with Crippen LogP contribution in [0.5, 0.6) is 0 Å². The Morgan fingerprint density at radius 2 is 1.61 bits per heavy atom. The first-order valence-electron chi connectivity index (χ1n) is 13.2. The molecule has 1 N–H and O–H groups in total. The van der Waals surface area contributed by atoms with E-state index in [1.807, 2.05) is 49.4 Å². The molecule has 4 rings (SSSR count). The minimum atomic E-state index is -0.821. The first-order valence-corrected chi connectivity index (χ1v) is 13.2. The summed E-state index contributed by atoms with van der Waals surface area (Å²) in [5, 5.41) is 2.91. The van der Waals surface area contributed by atoms with Gasteiger partial charge in [0.15, 0.2) is 0 Å². The number of likely N-dealkylation sites (tertiary alicyclic amines) is 1. The van der Waals surface area contributed by atoms with Crippen LogP contribution >= 0.6 is 0 Å². The van der Waals surface area contributed by atoms with Crippen molar-refractivity contribution in [3.05, 3.63) is 83.7 Å². The van der Waals surface area contributed by atoms with E-state index in [0.717, 1.165) is 12.0 Å². The molecule has 0 bridgehead atoms. The highest BCUT2D eigenvalue weighted by Gasteiger charge is 2.47. The summed E-state index contributed by atoms with van der Waals surface area (Å²) in [4.78, 5) is 55.6. The third kappa shape index (κ3) is 6.36. The number of halogens is 1. The van der Waals surface area contributed by atoms with Gasteiger partial charge < -0.3 is 10.2 Å². The van der Waals surface area contributed by atoms with Gasteiger partial charge in [-0.1, -0.05) is 61.5 Å². The molecule has 2 aromatic carbocycles. The van der Waals surface area contributed by atoms with Gasteiger partial charge in [0.1, 0.15) is 11.9 Å².